The van der Waals surface area contributed by atoms with Crippen LogP contribution in [0.4, 0.5) is 0 Å². The summed E-state index contributed by atoms with van der Waals surface area (Å²) in [5, 5.41) is 11.6. The molecule has 2 aromatic rings. The van der Waals surface area contributed by atoms with Crippen molar-refractivity contribution in [1.82, 2.24) is 4.90 Å². The van der Waals surface area contributed by atoms with E-state index >= 15 is 0 Å². The number of benzene rings is 2. The second kappa shape index (κ2) is 6.90. The third-order valence-electron chi connectivity index (χ3n) is 3.34. The maximum absolute atomic E-state index is 8.64. The second-order valence-electron chi connectivity index (χ2n) is 5.34. The first-order valence-electron chi connectivity index (χ1n) is 6.89. The molecule has 0 amide bonds. The van der Waals surface area contributed by atoms with Gasteiger partial charge < -0.3 is 10.9 Å². The number of oxime groups is 1. The summed E-state index contributed by atoms with van der Waals surface area (Å²) >= 11 is 0. The number of rotatable bonds is 5. The smallest absolute Gasteiger partial charge is 0.170 e. The molecule has 4 heteroatoms. The molecule has 110 valence electrons. The van der Waals surface area contributed by atoms with Gasteiger partial charge in [-0.05, 0) is 25.1 Å². The van der Waals surface area contributed by atoms with Crippen LogP contribution in [-0.2, 0) is 13.1 Å². The van der Waals surface area contributed by atoms with Crippen LogP contribution in [0.3, 0.4) is 0 Å². The van der Waals surface area contributed by atoms with Crippen LogP contribution >= 0.6 is 0 Å². The van der Waals surface area contributed by atoms with Crippen molar-refractivity contribution in [2.24, 2.45) is 10.9 Å². The predicted octanol–water partition coefficient (Wildman–Crippen LogP) is 2.72. The van der Waals surface area contributed by atoms with E-state index in [1.807, 2.05) is 24.3 Å². The molecule has 0 saturated carbocycles. The number of hydrogen-bond acceptors (Lipinski definition) is 3. The Morgan fingerprint density at radius 3 is 2.38 bits per heavy atom. The minimum absolute atomic E-state index is 0.134. The van der Waals surface area contributed by atoms with Gasteiger partial charge in [0, 0.05) is 18.7 Å². The normalized spacial score (nSPS) is 11.9. The zero-order valence-corrected chi connectivity index (χ0v) is 12.5. The van der Waals surface area contributed by atoms with Gasteiger partial charge in [0.05, 0.1) is 0 Å². The molecule has 0 aliphatic rings. The summed E-state index contributed by atoms with van der Waals surface area (Å²) in [6, 6.07) is 16.3. The molecule has 0 spiro atoms. The van der Waals surface area contributed by atoms with Gasteiger partial charge in [0.2, 0.25) is 0 Å². The number of hydrogen-bond donors (Lipinski definition) is 2. The van der Waals surface area contributed by atoms with Gasteiger partial charge in [-0.1, -0.05) is 59.3 Å². The Morgan fingerprint density at radius 2 is 1.76 bits per heavy atom. The highest BCUT2D eigenvalue weighted by atomic mass is 16.4. The molecule has 0 radical (unpaired) electrons. The average Bonchev–Trinajstić information content (AvgIpc) is 2.47. The summed E-state index contributed by atoms with van der Waals surface area (Å²) in [7, 11) is 2.10. The van der Waals surface area contributed by atoms with Crippen molar-refractivity contribution < 1.29 is 5.21 Å². The van der Waals surface area contributed by atoms with E-state index in [-0.39, 0.29) is 5.84 Å². The molecule has 3 N–H and O–H groups in total. The van der Waals surface area contributed by atoms with E-state index in [2.05, 4.69) is 48.3 Å². The van der Waals surface area contributed by atoms with Crippen molar-refractivity contribution in [3.05, 3.63) is 70.8 Å². The van der Waals surface area contributed by atoms with Crippen molar-refractivity contribution in [3.8, 4) is 0 Å². The largest absolute Gasteiger partial charge is 0.409 e. The first-order valence-corrected chi connectivity index (χ1v) is 6.89. The van der Waals surface area contributed by atoms with Gasteiger partial charge in [0.1, 0.15) is 0 Å². The van der Waals surface area contributed by atoms with Crippen molar-refractivity contribution in [1.29, 1.82) is 0 Å². The van der Waals surface area contributed by atoms with Crippen LogP contribution in [0.15, 0.2) is 53.7 Å². The summed E-state index contributed by atoms with van der Waals surface area (Å²) in [5.41, 5.74) is 10.1. The standard InChI is InChI=1S/C17H21N3O/c1-13-4-3-5-15(10-13)12-20(2)11-14-6-8-16(9-7-14)17(18)19-21/h3-10,21H,11-12H2,1-2H3,(H2,18,19). The lowest BCUT2D eigenvalue weighted by molar-refractivity contribution is 0.318. The predicted molar refractivity (Wildman–Crippen MR) is 85.3 cm³/mol. The van der Waals surface area contributed by atoms with Crippen LogP contribution in [-0.4, -0.2) is 23.0 Å². The Labute approximate surface area is 125 Å². The van der Waals surface area contributed by atoms with Crippen LogP contribution in [0.25, 0.3) is 0 Å². The Bertz CT molecular complexity index is 620. The molecule has 21 heavy (non-hydrogen) atoms. The van der Waals surface area contributed by atoms with E-state index in [1.165, 1.54) is 16.7 Å². The molecule has 2 rings (SSSR count). The van der Waals surface area contributed by atoms with E-state index in [1.54, 1.807) is 0 Å². The van der Waals surface area contributed by atoms with Gasteiger partial charge in [0.25, 0.3) is 0 Å². The van der Waals surface area contributed by atoms with Gasteiger partial charge >= 0.3 is 0 Å². The molecule has 0 unspecified atom stereocenters. The van der Waals surface area contributed by atoms with Crippen molar-refractivity contribution in [2.75, 3.05) is 7.05 Å². The Hall–Kier alpha value is -2.33. The van der Waals surface area contributed by atoms with Crippen LogP contribution in [0.5, 0.6) is 0 Å². The summed E-state index contributed by atoms with van der Waals surface area (Å²) in [6.07, 6.45) is 0. The molecule has 0 fully saturated rings. The molecule has 0 aliphatic heterocycles. The van der Waals surface area contributed by atoms with E-state index in [9.17, 15) is 0 Å². The third kappa shape index (κ3) is 4.33. The molecule has 2 aromatic carbocycles. The number of aryl methyl sites for hydroxylation is 1. The minimum atomic E-state index is 0.134. The second-order valence-corrected chi connectivity index (χ2v) is 5.34. The van der Waals surface area contributed by atoms with Crippen molar-refractivity contribution >= 4 is 5.84 Å². The van der Waals surface area contributed by atoms with E-state index in [0.717, 1.165) is 18.7 Å². The quantitative estimate of drug-likeness (QED) is 0.384. The molecule has 0 saturated heterocycles. The zero-order chi connectivity index (χ0) is 15.2. The molecular formula is C17H21N3O. The molecule has 4 nitrogen and oxygen atoms in total. The summed E-state index contributed by atoms with van der Waals surface area (Å²) in [4.78, 5) is 2.26. The number of nitrogens with zero attached hydrogens (tertiary/aromatic N) is 2. The van der Waals surface area contributed by atoms with Crippen molar-refractivity contribution in [2.45, 2.75) is 20.0 Å². The summed E-state index contributed by atoms with van der Waals surface area (Å²) in [5.74, 6) is 0.134. The molecule has 0 aliphatic carbocycles. The van der Waals surface area contributed by atoms with Crippen LogP contribution in [0.1, 0.15) is 22.3 Å². The Kier molecular flexibility index (Phi) is 4.95. The lowest BCUT2D eigenvalue weighted by Gasteiger charge is -2.17. The molecule has 0 aromatic heterocycles. The van der Waals surface area contributed by atoms with Crippen molar-refractivity contribution in [3.63, 3.8) is 0 Å². The first-order chi connectivity index (χ1) is 10.1. The zero-order valence-electron chi connectivity index (χ0n) is 12.5. The van der Waals surface area contributed by atoms with Crippen LogP contribution < -0.4 is 5.73 Å². The highest BCUT2D eigenvalue weighted by Gasteiger charge is 2.04. The minimum Gasteiger partial charge on any atom is -0.409 e. The number of amidine groups is 1. The highest BCUT2D eigenvalue weighted by Crippen LogP contribution is 2.11. The van der Waals surface area contributed by atoms with Gasteiger partial charge in [-0.3, -0.25) is 4.90 Å². The Balaban J connectivity index is 1.98. The fourth-order valence-corrected chi connectivity index (χ4v) is 2.33. The average molecular weight is 283 g/mol. The van der Waals surface area contributed by atoms with Gasteiger partial charge in [-0.25, -0.2) is 0 Å². The van der Waals surface area contributed by atoms with E-state index < -0.39 is 0 Å². The SMILES string of the molecule is Cc1cccc(CN(C)Cc2ccc(C(N)=NO)cc2)c1. The molecular weight excluding hydrogens is 262 g/mol. The summed E-state index contributed by atoms with van der Waals surface area (Å²) in [6.45, 7) is 3.86. The lowest BCUT2D eigenvalue weighted by Crippen LogP contribution is -2.17. The first kappa shape index (κ1) is 15.1. The fourth-order valence-electron chi connectivity index (χ4n) is 2.33. The lowest BCUT2D eigenvalue weighted by atomic mass is 10.1. The third-order valence-corrected chi connectivity index (χ3v) is 3.34. The molecule has 0 atom stereocenters. The monoisotopic (exact) mass is 283 g/mol. The van der Waals surface area contributed by atoms with Crippen LogP contribution in [0.2, 0.25) is 0 Å². The highest BCUT2D eigenvalue weighted by molar-refractivity contribution is 5.96. The fraction of sp³-hybridized carbons (Fsp3) is 0.235. The van der Waals surface area contributed by atoms with Crippen LogP contribution in [0, 0.1) is 6.92 Å². The maximum Gasteiger partial charge on any atom is 0.170 e. The van der Waals surface area contributed by atoms with Gasteiger partial charge in [0.15, 0.2) is 5.84 Å². The Morgan fingerprint density at radius 1 is 1.10 bits per heavy atom. The van der Waals surface area contributed by atoms with E-state index in [4.69, 9.17) is 10.9 Å². The number of nitrogens with two attached hydrogens (primary N) is 1. The topological polar surface area (TPSA) is 61.8 Å². The molecule has 0 bridgehead atoms. The van der Waals surface area contributed by atoms with Gasteiger partial charge in [-0.15, -0.1) is 0 Å². The molecule has 0 heterocycles. The summed E-state index contributed by atoms with van der Waals surface area (Å²) < 4.78 is 0. The van der Waals surface area contributed by atoms with E-state index in [0.29, 0.717) is 0 Å². The van der Waals surface area contributed by atoms with Gasteiger partial charge in [-0.2, -0.15) is 0 Å². The maximum atomic E-state index is 8.64.